The first kappa shape index (κ1) is 9.40. The number of halogens is 2. The average molecular weight is 200 g/mol. The first-order chi connectivity index (χ1) is 6.70. The summed E-state index contributed by atoms with van der Waals surface area (Å²) < 4.78 is 31.1. The molecule has 76 valence electrons. The van der Waals surface area contributed by atoms with Gasteiger partial charge in [-0.1, -0.05) is 0 Å². The number of hydrogen-bond donors (Lipinski definition) is 1. The van der Waals surface area contributed by atoms with E-state index in [0.29, 0.717) is 25.0 Å². The topological polar surface area (TPSA) is 29.5 Å². The van der Waals surface area contributed by atoms with Gasteiger partial charge in [-0.3, -0.25) is 0 Å². The summed E-state index contributed by atoms with van der Waals surface area (Å²) in [6.07, 6.45) is 0.386. The first-order valence-corrected chi connectivity index (χ1v) is 4.49. The van der Waals surface area contributed by atoms with Crippen molar-refractivity contribution in [3.05, 3.63) is 29.3 Å². The summed E-state index contributed by atoms with van der Waals surface area (Å²) in [5.74, 6) is -2.10. The van der Waals surface area contributed by atoms with E-state index in [4.69, 9.17) is 4.74 Å². The Labute approximate surface area is 80.1 Å². The molecule has 0 saturated carbocycles. The smallest absolute Gasteiger partial charge is 0.200 e. The fraction of sp³-hybridized carbons (Fsp3) is 0.400. The van der Waals surface area contributed by atoms with Crippen molar-refractivity contribution in [2.45, 2.75) is 18.9 Å². The maximum absolute atomic E-state index is 13.2. The molecule has 1 aromatic carbocycles. The molecule has 0 saturated heterocycles. The Morgan fingerprint density at radius 2 is 2.14 bits per heavy atom. The van der Waals surface area contributed by atoms with Gasteiger partial charge >= 0.3 is 0 Å². The standard InChI is InChI=1S/C10H10F2O2/c11-7-4-3-6-8(13)2-1-5-14-10(6)9(7)12/h3-4,8,13H,1-2,5H2/t8-/m0/s1. The second kappa shape index (κ2) is 3.53. The molecule has 0 radical (unpaired) electrons. The van der Waals surface area contributed by atoms with Gasteiger partial charge < -0.3 is 9.84 Å². The lowest BCUT2D eigenvalue weighted by Crippen LogP contribution is -2.01. The van der Waals surface area contributed by atoms with E-state index in [1.807, 2.05) is 0 Å². The third-order valence-corrected chi connectivity index (χ3v) is 2.31. The van der Waals surface area contributed by atoms with Gasteiger partial charge in [-0.2, -0.15) is 4.39 Å². The van der Waals surface area contributed by atoms with Crippen LogP contribution in [0, 0.1) is 11.6 Å². The van der Waals surface area contributed by atoms with Crippen LogP contribution < -0.4 is 4.74 Å². The van der Waals surface area contributed by atoms with Crippen LogP contribution in [0.25, 0.3) is 0 Å². The molecule has 1 heterocycles. The van der Waals surface area contributed by atoms with Gasteiger partial charge in [0.1, 0.15) is 0 Å². The van der Waals surface area contributed by atoms with Crippen LogP contribution in [-0.4, -0.2) is 11.7 Å². The van der Waals surface area contributed by atoms with Crippen molar-refractivity contribution in [1.82, 2.24) is 0 Å². The highest BCUT2D eigenvalue weighted by molar-refractivity contribution is 5.37. The molecule has 0 amide bonds. The van der Waals surface area contributed by atoms with Crippen molar-refractivity contribution in [3.8, 4) is 5.75 Å². The first-order valence-electron chi connectivity index (χ1n) is 4.49. The van der Waals surface area contributed by atoms with E-state index >= 15 is 0 Å². The van der Waals surface area contributed by atoms with E-state index in [9.17, 15) is 13.9 Å². The van der Waals surface area contributed by atoms with E-state index in [2.05, 4.69) is 0 Å². The monoisotopic (exact) mass is 200 g/mol. The Hall–Kier alpha value is -1.16. The van der Waals surface area contributed by atoms with Crippen molar-refractivity contribution < 1.29 is 18.6 Å². The minimum atomic E-state index is -1.01. The van der Waals surface area contributed by atoms with Gasteiger partial charge in [0.05, 0.1) is 12.7 Å². The molecule has 1 aliphatic heterocycles. The fourth-order valence-corrected chi connectivity index (χ4v) is 1.56. The maximum atomic E-state index is 13.2. The summed E-state index contributed by atoms with van der Waals surface area (Å²) in [5.41, 5.74) is 0.335. The zero-order valence-electron chi connectivity index (χ0n) is 7.46. The van der Waals surface area contributed by atoms with Gasteiger partial charge in [-0.25, -0.2) is 4.39 Å². The predicted molar refractivity (Wildman–Crippen MR) is 46.0 cm³/mol. The SMILES string of the molecule is O[C@H]1CCCOc2c1ccc(F)c2F. The number of rotatable bonds is 0. The lowest BCUT2D eigenvalue weighted by atomic mass is 10.0. The van der Waals surface area contributed by atoms with Gasteiger partial charge in [0.2, 0.25) is 5.82 Å². The highest BCUT2D eigenvalue weighted by Crippen LogP contribution is 2.34. The highest BCUT2D eigenvalue weighted by Gasteiger charge is 2.22. The van der Waals surface area contributed by atoms with Crippen LogP contribution in [0.2, 0.25) is 0 Å². The Morgan fingerprint density at radius 1 is 1.36 bits per heavy atom. The Kier molecular flexibility index (Phi) is 2.37. The molecule has 0 aromatic heterocycles. The van der Waals surface area contributed by atoms with E-state index in [1.165, 1.54) is 6.07 Å². The lowest BCUT2D eigenvalue weighted by Gasteiger charge is -2.11. The summed E-state index contributed by atoms with van der Waals surface area (Å²) in [4.78, 5) is 0. The van der Waals surface area contributed by atoms with E-state index in [0.717, 1.165) is 6.07 Å². The van der Waals surface area contributed by atoms with Crippen LogP contribution in [0.1, 0.15) is 24.5 Å². The van der Waals surface area contributed by atoms with Crippen molar-refractivity contribution in [2.24, 2.45) is 0 Å². The van der Waals surface area contributed by atoms with Crippen LogP contribution in [0.5, 0.6) is 5.75 Å². The second-order valence-corrected chi connectivity index (χ2v) is 3.29. The minimum Gasteiger partial charge on any atom is -0.490 e. The van der Waals surface area contributed by atoms with Crippen molar-refractivity contribution in [1.29, 1.82) is 0 Å². The average Bonchev–Trinajstić information content (AvgIpc) is 2.35. The molecule has 0 bridgehead atoms. The van der Waals surface area contributed by atoms with Crippen LogP contribution in [0.15, 0.2) is 12.1 Å². The highest BCUT2D eigenvalue weighted by atomic mass is 19.2. The molecule has 0 aliphatic carbocycles. The molecule has 4 heteroatoms. The van der Waals surface area contributed by atoms with Gasteiger partial charge in [-0.05, 0) is 25.0 Å². The third kappa shape index (κ3) is 1.46. The zero-order valence-corrected chi connectivity index (χ0v) is 7.46. The number of benzene rings is 1. The summed E-state index contributed by atoms with van der Waals surface area (Å²) in [6.45, 7) is 0.310. The molecular formula is C10H10F2O2. The van der Waals surface area contributed by atoms with Crippen LogP contribution in [0.3, 0.4) is 0 Å². The summed E-state index contributed by atoms with van der Waals surface area (Å²) in [6, 6.07) is 2.37. The van der Waals surface area contributed by atoms with Crippen molar-refractivity contribution >= 4 is 0 Å². The lowest BCUT2D eigenvalue weighted by molar-refractivity contribution is 0.167. The minimum absolute atomic E-state index is 0.144. The summed E-state index contributed by atoms with van der Waals surface area (Å²) in [5, 5.41) is 9.59. The molecule has 0 spiro atoms. The third-order valence-electron chi connectivity index (χ3n) is 2.31. The molecule has 2 rings (SSSR count). The van der Waals surface area contributed by atoms with Crippen molar-refractivity contribution in [2.75, 3.05) is 6.61 Å². The number of aliphatic hydroxyl groups excluding tert-OH is 1. The quantitative estimate of drug-likeness (QED) is 0.695. The molecule has 14 heavy (non-hydrogen) atoms. The van der Waals surface area contributed by atoms with Crippen LogP contribution in [0.4, 0.5) is 8.78 Å². The number of fused-ring (bicyclic) bond motifs is 1. The van der Waals surface area contributed by atoms with E-state index in [1.54, 1.807) is 0 Å². The van der Waals surface area contributed by atoms with E-state index in [-0.39, 0.29) is 5.75 Å². The number of ether oxygens (including phenoxy) is 1. The summed E-state index contributed by atoms with van der Waals surface area (Å²) in [7, 11) is 0. The fourth-order valence-electron chi connectivity index (χ4n) is 1.56. The van der Waals surface area contributed by atoms with Gasteiger partial charge in [0.15, 0.2) is 11.6 Å². The molecule has 1 aromatic rings. The zero-order chi connectivity index (χ0) is 10.1. The van der Waals surface area contributed by atoms with E-state index < -0.39 is 17.7 Å². The number of aliphatic hydroxyl groups is 1. The van der Waals surface area contributed by atoms with Crippen molar-refractivity contribution in [3.63, 3.8) is 0 Å². The molecular weight excluding hydrogens is 190 g/mol. The van der Waals surface area contributed by atoms with Crippen LogP contribution >= 0.6 is 0 Å². The summed E-state index contributed by atoms with van der Waals surface area (Å²) >= 11 is 0. The van der Waals surface area contributed by atoms with Crippen LogP contribution in [-0.2, 0) is 0 Å². The largest absolute Gasteiger partial charge is 0.490 e. The molecule has 0 fully saturated rings. The number of hydrogen-bond acceptors (Lipinski definition) is 2. The molecule has 2 nitrogen and oxygen atoms in total. The second-order valence-electron chi connectivity index (χ2n) is 3.29. The predicted octanol–water partition coefficient (Wildman–Crippen LogP) is 2.17. The Bertz CT molecular complexity index is 352. The molecule has 1 N–H and O–H groups in total. The molecule has 0 unspecified atom stereocenters. The Balaban J connectivity index is 2.53. The van der Waals surface area contributed by atoms with Gasteiger partial charge in [0.25, 0.3) is 0 Å². The van der Waals surface area contributed by atoms with Gasteiger partial charge in [-0.15, -0.1) is 0 Å². The van der Waals surface area contributed by atoms with Gasteiger partial charge in [0, 0.05) is 5.56 Å². The normalized spacial score (nSPS) is 20.9. The molecule has 1 atom stereocenters. The molecule has 1 aliphatic rings. The Morgan fingerprint density at radius 3 is 2.93 bits per heavy atom. The maximum Gasteiger partial charge on any atom is 0.200 e.